The van der Waals surface area contributed by atoms with E-state index in [1.165, 1.54) is 5.56 Å². The molecule has 0 aliphatic carbocycles. The third-order valence-electron chi connectivity index (χ3n) is 3.08. The second-order valence-corrected chi connectivity index (χ2v) is 4.51. The van der Waals surface area contributed by atoms with E-state index in [2.05, 4.69) is 31.9 Å². The number of likely N-dealkylation sites (N-methyl/N-ethyl adjacent to an activating group) is 1. The first-order chi connectivity index (χ1) is 8.08. The Balaban J connectivity index is 2.66. The standard InChI is InChI=1S/C14H23NO2/c1-11(2)15(3)9-8-12-6-7-13(16-4)14(10-12)17-5/h6-7,10-11H,8-9H2,1-5H3. The fraction of sp³-hybridized carbons (Fsp3) is 0.571. The highest BCUT2D eigenvalue weighted by Gasteiger charge is 2.06. The summed E-state index contributed by atoms with van der Waals surface area (Å²) < 4.78 is 10.5. The van der Waals surface area contributed by atoms with Gasteiger partial charge in [-0.2, -0.15) is 0 Å². The predicted octanol–water partition coefficient (Wildman–Crippen LogP) is 2.59. The number of methoxy groups -OCH3 is 2. The molecule has 0 aliphatic heterocycles. The highest BCUT2D eigenvalue weighted by molar-refractivity contribution is 5.42. The van der Waals surface area contributed by atoms with Gasteiger partial charge in [0, 0.05) is 12.6 Å². The summed E-state index contributed by atoms with van der Waals surface area (Å²) >= 11 is 0. The van der Waals surface area contributed by atoms with Crippen LogP contribution in [0.3, 0.4) is 0 Å². The number of nitrogens with zero attached hydrogens (tertiary/aromatic N) is 1. The molecule has 3 heteroatoms. The molecule has 1 rings (SSSR count). The molecule has 0 bridgehead atoms. The molecular weight excluding hydrogens is 214 g/mol. The monoisotopic (exact) mass is 237 g/mol. The van der Waals surface area contributed by atoms with Crippen molar-refractivity contribution in [3.8, 4) is 11.5 Å². The average Bonchev–Trinajstić information content (AvgIpc) is 2.35. The van der Waals surface area contributed by atoms with Crippen LogP contribution in [-0.2, 0) is 6.42 Å². The molecule has 0 saturated carbocycles. The van der Waals surface area contributed by atoms with Crippen LogP contribution in [0.2, 0.25) is 0 Å². The Kier molecular flexibility index (Phi) is 5.29. The molecule has 1 aromatic rings. The van der Waals surface area contributed by atoms with E-state index in [9.17, 15) is 0 Å². The highest BCUT2D eigenvalue weighted by atomic mass is 16.5. The van der Waals surface area contributed by atoms with Gasteiger partial charge in [-0.25, -0.2) is 0 Å². The third kappa shape index (κ3) is 3.93. The van der Waals surface area contributed by atoms with Gasteiger partial charge in [0.1, 0.15) is 0 Å². The quantitative estimate of drug-likeness (QED) is 0.759. The zero-order valence-electron chi connectivity index (χ0n) is 11.5. The van der Waals surface area contributed by atoms with Gasteiger partial charge >= 0.3 is 0 Å². The average molecular weight is 237 g/mol. The maximum atomic E-state index is 5.29. The Bertz CT molecular complexity index is 350. The van der Waals surface area contributed by atoms with Crippen molar-refractivity contribution < 1.29 is 9.47 Å². The topological polar surface area (TPSA) is 21.7 Å². The van der Waals surface area contributed by atoms with Crippen molar-refractivity contribution in [1.82, 2.24) is 4.90 Å². The van der Waals surface area contributed by atoms with Crippen molar-refractivity contribution in [1.29, 1.82) is 0 Å². The number of rotatable bonds is 6. The summed E-state index contributed by atoms with van der Waals surface area (Å²) in [5.41, 5.74) is 1.27. The van der Waals surface area contributed by atoms with Crippen molar-refractivity contribution in [3.63, 3.8) is 0 Å². The fourth-order valence-corrected chi connectivity index (χ4v) is 1.60. The van der Waals surface area contributed by atoms with Gasteiger partial charge in [0.15, 0.2) is 11.5 Å². The largest absolute Gasteiger partial charge is 0.493 e. The zero-order valence-corrected chi connectivity index (χ0v) is 11.5. The maximum Gasteiger partial charge on any atom is 0.160 e. The summed E-state index contributed by atoms with van der Waals surface area (Å²) in [6, 6.07) is 6.68. The second kappa shape index (κ2) is 6.50. The van der Waals surface area contributed by atoms with Crippen LogP contribution >= 0.6 is 0 Å². The van der Waals surface area contributed by atoms with E-state index in [4.69, 9.17) is 9.47 Å². The lowest BCUT2D eigenvalue weighted by molar-refractivity contribution is 0.277. The molecule has 0 radical (unpaired) electrons. The van der Waals surface area contributed by atoms with Crippen LogP contribution in [0.25, 0.3) is 0 Å². The zero-order chi connectivity index (χ0) is 12.8. The molecule has 0 aliphatic rings. The molecule has 0 unspecified atom stereocenters. The molecule has 0 heterocycles. The Hall–Kier alpha value is -1.22. The molecule has 0 N–H and O–H groups in total. The number of hydrogen-bond donors (Lipinski definition) is 0. The predicted molar refractivity (Wildman–Crippen MR) is 71.0 cm³/mol. The minimum atomic E-state index is 0.579. The molecule has 0 aromatic heterocycles. The Morgan fingerprint density at radius 2 is 1.76 bits per heavy atom. The van der Waals surface area contributed by atoms with Gasteiger partial charge in [0.25, 0.3) is 0 Å². The lowest BCUT2D eigenvalue weighted by Crippen LogP contribution is -2.28. The SMILES string of the molecule is COc1ccc(CCN(C)C(C)C)cc1OC. The normalized spacial score (nSPS) is 11.0. The van der Waals surface area contributed by atoms with Gasteiger partial charge in [0.05, 0.1) is 14.2 Å². The van der Waals surface area contributed by atoms with Crippen molar-refractivity contribution >= 4 is 0 Å². The summed E-state index contributed by atoms with van der Waals surface area (Å²) in [5, 5.41) is 0. The van der Waals surface area contributed by atoms with Crippen LogP contribution in [-0.4, -0.2) is 38.8 Å². The van der Waals surface area contributed by atoms with E-state index in [0.29, 0.717) is 6.04 Å². The lowest BCUT2D eigenvalue weighted by atomic mass is 10.1. The van der Waals surface area contributed by atoms with Gasteiger partial charge in [-0.1, -0.05) is 6.07 Å². The molecule has 0 saturated heterocycles. The first-order valence-corrected chi connectivity index (χ1v) is 5.99. The summed E-state index contributed by atoms with van der Waals surface area (Å²) in [6.45, 7) is 5.45. The van der Waals surface area contributed by atoms with E-state index in [1.54, 1.807) is 14.2 Å². The third-order valence-corrected chi connectivity index (χ3v) is 3.08. The number of benzene rings is 1. The molecule has 96 valence electrons. The van der Waals surface area contributed by atoms with Crippen LogP contribution < -0.4 is 9.47 Å². The number of hydrogen-bond acceptors (Lipinski definition) is 3. The van der Waals surface area contributed by atoms with Crippen LogP contribution in [0.1, 0.15) is 19.4 Å². The first-order valence-electron chi connectivity index (χ1n) is 5.99. The summed E-state index contributed by atoms with van der Waals surface area (Å²) in [5.74, 6) is 1.59. The van der Waals surface area contributed by atoms with Crippen molar-refractivity contribution in [2.75, 3.05) is 27.8 Å². The highest BCUT2D eigenvalue weighted by Crippen LogP contribution is 2.27. The molecule has 0 spiro atoms. The van der Waals surface area contributed by atoms with E-state index in [0.717, 1.165) is 24.5 Å². The van der Waals surface area contributed by atoms with Crippen LogP contribution in [0.4, 0.5) is 0 Å². The number of ether oxygens (including phenoxy) is 2. The van der Waals surface area contributed by atoms with Crippen LogP contribution in [0.5, 0.6) is 11.5 Å². The van der Waals surface area contributed by atoms with Crippen molar-refractivity contribution in [3.05, 3.63) is 23.8 Å². The van der Waals surface area contributed by atoms with E-state index in [-0.39, 0.29) is 0 Å². The van der Waals surface area contributed by atoms with E-state index < -0.39 is 0 Å². The minimum Gasteiger partial charge on any atom is -0.493 e. The molecule has 1 aromatic carbocycles. The van der Waals surface area contributed by atoms with Crippen molar-refractivity contribution in [2.45, 2.75) is 26.3 Å². The Morgan fingerprint density at radius 3 is 2.29 bits per heavy atom. The lowest BCUT2D eigenvalue weighted by Gasteiger charge is -2.21. The Labute approximate surface area is 104 Å². The first kappa shape index (κ1) is 13.8. The summed E-state index contributed by atoms with van der Waals surface area (Å²) in [6.07, 6.45) is 1.02. The minimum absolute atomic E-state index is 0.579. The molecule has 3 nitrogen and oxygen atoms in total. The molecule has 17 heavy (non-hydrogen) atoms. The van der Waals surface area contributed by atoms with Gasteiger partial charge in [-0.15, -0.1) is 0 Å². The Morgan fingerprint density at radius 1 is 1.12 bits per heavy atom. The summed E-state index contributed by atoms with van der Waals surface area (Å²) in [7, 11) is 5.47. The van der Waals surface area contributed by atoms with E-state index in [1.807, 2.05) is 12.1 Å². The molecule has 0 amide bonds. The smallest absolute Gasteiger partial charge is 0.160 e. The van der Waals surface area contributed by atoms with Gasteiger partial charge in [-0.3, -0.25) is 0 Å². The molecule has 0 atom stereocenters. The second-order valence-electron chi connectivity index (χ2n) is 4.51. The van der Waals surface area contributed by atoms with Gasteiger partial charge in [0.2, 0.25) is 0 Å². The van der Waals surface area contributed by atoms with Crippen LogP contribution in [0, 0.1) is 0 Å². The van der Waals surface area contributed by atoms with Gasteiger partial charge < -0.3 is 14.4 Å². The van der Waals surface area contributed by atoms with E-state index >= 15 is 0 Å². The fourth-order valence-electron chi connectivity index (χ4n) is 1.60. The molecule has 0 fully saturated rings. The van der Waals surface area contributed by atoms with Crippen molar-refractivity contribution in [2.24, 2.45) is 0 Å². The van der Waals surface area contributed by atoms with Crippen LogP contribution in [0.15, 0.2) is 18.2 Å². The molecular formula is C14H23NO2. The van der Waals surface area contributed by atoms with Gasteiger partial charge in [-0.05, 0) is 45.0 Å². The maximum absolute atomic E-state index is 5.29. The summed E-state index contributed by atoms with van der Waals surface area (Å²) in [4.78, 5) is 2.33.